The summed E-state index contributed by atoms with van der Waals surface area (Å²) in [5.41, 5.74) is 5.57. The monoisotopic (exact) mass is 453 g/mol. The summed E-state index contributed by atoms with van der Waals surface area (Å²) in [7, 11) is 4.10. The van der Waals surface area contributed by atoms with Crippen molar-refractivity contribution in [3.8, 4) is 11.3 Å². The van der Waals surface area contributed by atoms with Gasteiger partial charge in [-0.05, 0) is 62.8 Å². The molecule has 2 aromatic heterocycles. The Labute approximate surface area is 200 Å². The first kappa shape index (κ1) is 22.3. The Hall–Kier alpha value is -3.51. The molecular weight excluding hydrogens is 422 g/mol. The molecule has 1 fully saturated rings. The molecule has 0 saturated heterocycles. The third-order valence-corrected chi connectivity index (χ3v) is 6.50. The van der Waals surface area contributed by atoms with Crippen molar-refractivity contribution < 1.29 is 4.79 Å². The van der Waals surface area contributed by atoms with E-state index in [1.807, 2.05) is 36.4 Å². The summed E-state index contributed by atoms with van der Waals surface area (Å²) >= 11 is 0. The Bertz CT molecular complexity index is 1300. The average molecular weight is 454 g/mol. The number of nitrogens with zero attached hydrogens (tertiary/aromatic N) is 4. The van der Waals surface area contributed by atoms with Crippen LogP contribution in [0.15, 0.2) is 66.9 Å². The van der Waals surface area contributed by atoms with Crippen molar-refractivity contribution in [3.63, 3.8) is 0 Å². The Morgan fingerprint density at radius 2 is 1.85 bits per heavy atom. The molecule has 6 heteroatoms. The molecule has 0 aliphatic heterocycles. The van der Waals surface area contributed by atoms with Gasteiger partial charge in [0.1, 0.15) is 0 Å². The van der Waals surface area contributed by atoms with Crippen molar-refractivity contribution in [2.75, 3.05) is 19.4 Å². The van der Waals surface area contributed by atoms with Crippen LogP contribution in [0.5, 0.6) is 0 Å². The van der Waals surface area contributed by atoms with Crippen LogP contribution in [0.1, 0.15) is 54.1 Å². The SMILES string of the molecule is CN(C)Cc1cccc(-c2cc(C(=O)Nc3nc4ccccc4n3C3CCCCC3)ccn2)c1. The number of nitrogens with one attached hydrogen (secondary N) is 1. The first-order valence-electron chi connectivity index (χ1n) is 12.1. The van der Waals surface area contributed by atoms with Gasteiger partial charge in [-0.2, -0.15) is 0 Å². The summed E-state index contributed by atoms with van der Waals surface area (Å²) in [5.74, 6) is 0.463. The smallest absolute Gasteiger partial charge is 0.258 e. The lowest BCUT2D eigenvalue weighted by Crippen LogP contribution is -2.20. The van der Waals surface area contributed by atoms with E-state index in [4.69, 9.17) is 4.98 Å². The highest BCUT2D eigenvalue weighted by Crippen LogP contribution is 2.34. The van der Waals surface area contributed by atoms with Crippen LogP contribution in [0.25, 0.3) is 22.3 Å². The number of para-hydroxylation sites is 2. The molecule has 1 aliphatic rings. The van der Waals surface area contributed by atoms with E-state index >= 15 is 0 Å². The fourth-order valence-electron chi connectivity index (χ4n) is 4.94. The van der Waals surface area contributed by atoms with Crippen LogP contribution >= 0.6 is 0 Å². The van der Waals surface area contributed by atoms with Gasteiger partial charge in [0.2, 0.25) is 5.95 Å². The maximum absolute atomic E-state index is 13.3. The molecule has 1 amide bonds. The fraction of sp³-hybridized carbons (Fsp3) is 0.321. The first-order chi connectivity index (χ1) is 16.6. The number of amides is 1. The Kier molecular flexibility index (Phi) is 6.41. The molecule has 2 aromatic carbocycles. The van der Waals surface area contributed by atoms with Crippen molar-refractivity contribution in [2.45, 2.75) is 44.7 Å². The van der Waals surface area contributed by atoms with Crippen molar-refractivity contribution >= 4 is 22.9 Å². The number of hydrogen-bond donors (Lipinski definition) is 1. The summed E-state index contributed by atoms with van der Waals surface area (Å²) in [5, 5.41) is 3.11. The Balaban J connectivity index is 1.44. The number of rotatable bonds is 6. The number of anilines is 1. The molecule has 174 valence electrons. The normalized spacial score (nSPS) is 14.6. The summed E-state index contributed by atoms with van der Waals surface area (Å²) in [6.45, 7) is 0.853. The van der Waals surface area contributed by atoms with E-state index in [1.54, 1.807) is 12.3 Å². The highest BCUT2D eigenvalue weighted by Gasteiger charge is 2.23. The van der Waals surface area contributed by atoms with Crippen LogP contribution in [0.2, 0.25) is 0 Å². The summed E-state index contributed by atoms with van der Waals surface area (Å²) in [4.78, 5) is 24.8. The standard InChI is InChI=1S/C28H31N5O/c1-32(2)19-20-9-8-10-21(17-20)25-18-22(15-16-29-25)27(34)31-28-30-24-13-6-7-14-26(24)33(28)23-11-4-3-5-12-23/h6-10,13-18,23H,3-5,11-12,19H2,1-2H3,(H,30,31,34). The number of fused-ring (bicyclic) bond motifs is 1. The average Bonchev–Trinajstić information content (AvgIpc) is 3.22. The minimum Gasteiger partial charge on any atom is -0.307 e. The zero-order chi connectivity index (χ0) is 23.5. The lowest BCUT2D eigenvalue weighted by molar-refractivity contribution is 0.102. The first-order valence-corrected chi connectivity index (χ1v) is 12.1. The van der Waals surface area contributed by atoms with Gasteiger partial charge < -0.3 is 9.47 Å². The molecule has 0 spiro atoms. The van der Waals surface area contributed by atoms with Gasteiger partial charge in [0.25, 0.3) is 5.91 Å². The molecule has 2 heterocycles. The number of aromatic nitrogens is 3. The zero-order valence-corrected chi connectivity index (χ0v) is 19.9. The number of benzene rings is 2. The third kappa shape index (κ3) is 4.73. The third-order valence-electron chi connectivity index (χ3n) is 6.50. The maximum atomic E-state index is 13.3. The maximum Gasteiger partial charge on any atom is 0.258 e. The molecule has 6 nitrogen and oxygen atoms in total. The highest BCUT2D eigenvalue weighted by molar-refractivity contribution is 6.04. The number of pyridine rings is 1. The van der Waals surface area contributed by atoms with Gasteiger partial charge >= 0.3 is 0 Å². The van der Waals surface area contributed by atoms with Gasteiger partial charge in [0.15, 0.2) is 0 Å². The molecular formula is C28H31N5O. The molecule has 0 unspecified atom stereocenters. The summed E-state index contributed by atoms with van der Waals surface area (Å²) in [6.07, 6.45) is 7.64. The van der Waals surface area contributed by atoms with Crippen LogP contribution in [-0.2, 0) is 6.54 Å². The largest absolute Gasteiger partial charge is 0.307 e. The van der Waals surface area contributed by atoms with Gasteiger partial charge in [-0.3, -0.25) is 15.1 Å². The van der Waals surface area contributed by atoms with Crippen LogP contribution in [-0.4, -0.2) is 39.4 Å². The predicted molar refractivity (Wildman–Crippen MR) is 137 cm³/mol. The van der Waals surface area contributed by atoms with Gasteiger partial charge in [-0.15, -0.1) is 0 Å². The quantitative estimate of drug-likeness (QED) is 0.394. The van der Waals surface area contributed by atoms with Crippen molar-refractivity contribution in [1.29, 1.82) is 0 Å². The van der Waals surface area contributed by atoms with Crippen molar-refractivity contribution in [2.24, 2.45) is 0 Å². The van der Waals surface area contributed by atoms with E-state index in [2.05, 4.69) is 52.1 Å². The van der Waals surface area contributed by atoms with E-state index in [0.29, 0.717) is 17.6 Å². The molecule has 5 rings (SSSR count). The van der Waals surface area contributed by atoms with E-state index < -0.39 is 0 Å². The molecule has 4 aromatic rings. The number of carbonyl (C=O) groups excluding carboxylic acids is 1. The topological polar surface area (TPSA) is 63.1 Å². The van der Waals surface area contributed by atoms with Gasteiger partial charge in [0.05, 0.1) is 16.7 Å². The zero-order valence-electron chi connectivity index (χ0n) is 19.9. The van der Waals surface area contributed by atoms with Crippen LogP contribution in [0.3, 0.4) is 0 Å². The number of imidazole rings is 1. The lowest BCUT2D eigenvalue weighted by Gasteiger charge is -2.25. The van der Waals surface area contributed by atoms with E-state index in [9.17, 15) is 4.79 Å². The number of carbonyl (C=O) groups is 1. The van der Waals surface area contributed by atoms with Crippen molar-refractivity contribution in [3.05, 3.63) is 78.0 Å². The molecule has 34 heavy (non-hydrogen) atoms. The van der Waals surface area contributed by atoms with E-state index in [1.165, 1.54) is 24.8 Å². The Morgan fingerprint density at radius 1 is 1.03 bits per heavy atom. The van der Waals surface area contributed by atoms with Crippen LogP contribution in [0.4, 0.5) is 5.95 Å². The van der Waals surface area contributed by atoms with Gasteiger partial charge in [-0.1, -0.05) is 49.6 Å². The molecule has 0 radical (unpaired) electrons. The molecule has 1 N–H and O–H groups in total. The minimum atomic E-state index is -0.166. The van der Waals surface area contributed by atoms with Crippen LogP contribution in [0, 0.1) is 0 Å². The van der Waals surface area contributed by atoms with Crippen molar-refractivity contribution in [1.82, 2.24) is 19.4 Å². The van der Waals surface area contributed by atoms with E-state index in [-0.39, 0.29) is 5.91 Å². The summed E-state index contributed by atoms with van der Waals surface area (Å²) < 4.78 is 2.24. The lowest BCUT2D eigenvalue weighted by atomic mass is 9.95. The molecule has 0 atom stereocenters. The van der Waals surface area contributed by atoms with Gasteiger partial charge in [0, 0.05) is 29.9 Å². The van der Waals surface area contributed by atoms with Gasteiger partial charge in [-0.25, -0.2) is 4.98 Å². The minimum absolute atomic E-state index is 0.166. The second kappa shape index (κ2) is 9.77. The fourth-order valence-corrected chi connectivity index (χ4v) is 4.94. The second-order valence-corrected chi connectivity index (χ2v) is 9.41. The summed E-state index contributed by atoms with van der Waals surface area (Å²) in [6, 6.07) is 20.4. The van der Waals surface area contributed by atoms with E-state index in [0.717, 1.165) is 41.7 Å². The second-order valence-electron chi connectivity index (χ2n) is 9.41. The predicted octanol–water partition coefficient (Wildman–Crippen LogP) is 5.92. The molecule has 1 saturated carbocycles. The number of hydrogen-bond acceptors (Lipinski definition) is 4. The molecule has 1 aliphatic carbocycles. The highest BCUT2D eigenvalue weighted by atomic mass is 16.1. The molecule has 0 bridgehead atoms. The Morgan fingerprint density at radius 3 is 2.68 bits per heavy atom. The van der Waals surface area contributed by atoms with Crippen LogP contribution < -0.4 is 5.32 Å².